The zero-order valence-electron chi connectivity index (χ0n) is 13.1. The van der Waals surface area contributed by atoms with Crippen LogP contribution in [0.4, 0.5) is 5.69 Å². The van der Waals surface area contributed by atoms with Gasteiger partial charge in [-0.3, -0.25) is 0 Å². The molecule has 0 fully saturated rings. The summed E-state index contributed by atoms with van der Waals surface area (Å²) in [6.07, 6.45) is 8.94. The molecule has 1 heteroatoms. The lowest BCUT2D eigenvalue weighted by atomic mass is 10.1. The molecule has 0 aliphatic carbocycles. The average molecular weight is 261 g/mol. The lowest BCUT2D eigenvalue weighted by Gasteiger charge is -2.25. The van der Waals surface area contributed by atoms with E-state index in [9.17, 15) is 0 Å². The number of nitrogens with zero attached hydrogens (tertiary/aromatic N) is 1. The van der Waals surface area contributed by atoms with Crippen molar-refractivity contribution in [3.63, 3.8) is 0 Å². The lowest BCUT2D eigenvalue weighted by Crippen LogP contribution is -2.25. The van der Waals surface area contributed by atoms with E-state index in [1.165, 1.54) is 69.3 Å². The molecule has 0 unspecified atom stereocenters. The van der Waals surface area contributed by atoms with Gasteiger partial charge in [0.05, 0.1) is 0 Å². The fourth-order valence-corrected chi connectivity index (χ4v) is 2.32. The minimum atomic E-state index is 1.20. The van der Waals surface area contributed by atoms with Crippen LogP contribution in [0.3, 0.4) is 0 Å². The summed E-state index contributed by atoms with van der Waals surface area (Å²) < 4.78 is 0. The highest BCUT2D eigenvalue weighted by atomic mass is 15.1. The van der Waals surface area contributed by atoms with Crippen LogP contribution >= 0.6 is 0 Å². The third-order valence-corrected chi connectivity index (χ3v) is 3.68. The van der Waals surface area contributed by atoms with Crippen molar-refractivity contribution in [1.82, 2.24) is 0 Å². The largest absolute Gasteiger partial charge is 0.372 e. The Balaban J connectivity index is 2.61. The summed E-state index contributed by atoms with van der Waals surface area (Å²) in [5, 5.41) is 0. The van der Waals surface area contributed by atoms with Crippen LogP contribution in [0.5, 0.6) is 0 Å². The molecule has 0 N–H and O–H groups in total. The topological polar surface area (TPSA) is 3.24 Å². The van der Waals surface area contributed by atoms with E-state index in [-0.39, 0.29) is 0 Å². The summed E-state index contributed by atoms with van der Waals surface area (Å²) in [5.41, 5.74) is 2.89. The first-order valence-electron chi connectivity index (χ1n) is 8.15. The summed E-state index contributed by atoms with van der Waals surface area (Å²) in [7, 11) is 0. The van der Waals surface area contributed by atoms with E-state index in [2.05, 4.69) is 49.9 Å². The summed E-state index contributed by atoms with van der Waals surface area (Å²) in [5.74, 6) is 0. The van der Waals surface area contributed by atoms with Crippen LogP contribution in [0.1, 0.15) is 64.9 Å². The number of aryl methyl sites for hydroxylation is 1. The Morgan fingerprint density at radius 2 is 1.26 bits per heavy atom. The van der Waals surface area contributed by atoms with E-state index in [4.69, 9.17) is 0 Å². The van der Waals surface area contributed by atoms with Crippen LogP contribution in [-0.4, -0.2) is 13.1 Å². The first kappa shape index (κ1) is 16.1. The molecule has 0 spiro atoms. The molecule has 0 heterocycles. The smallest absolute Gasteiger partial charge is 0.0366 e. The van der Waals surface area contributed by atoms with Crippen molar-refractivity contribution in [2.45, 2.75) is 65.7 Å². The van der Waals surface area contributed by atoms with Crippen molar-refractivity contribution in [3.05, 3.63) is 29.8 Å². The van der Waals surface area contributed by atoms with Crippen LogP contribution in [-0.2, 0) is 6.42 Å². The highest BCUT2D eigenvalue weighted by molar-refractivity contribution is 5.47. The van der Waals surface area contributed by atoms with Gasteiger partial charge >= 0.3 is 0 Å². The van der Waals surface area contributed by atoms with Gasteiger partial charge in [-0.15, -0.1) is 0 Å². The Labute approximate surface area is 120 Å². The molecule has 0 bridgehead atoms. The molecule has 0 aromatic heterocycles. The van der Waals surface area contributed by atoms with Crippen LogP contribution in [0.25, 0.3) is 0 Å². The summed E-state index contributed by atoms with van der Waals surface area (Å²) in [4.78, 5) is 2.55. The Kier molecular flexibility index (Phi) is 8.36. The Morgan fingerprint density at radius 3 is 1.74 bits per heavy atom. The molecule has 0 saturated carbocycles. The molecular formula is C18H31N. The zero-order chi connectivity index (χ0) is 13.9. The summed E-state index contributed by atoms with van der Waals surface area (Å²) in [6, 6.07) is 9.26. The normalized spacial score (nSPS) is 10.7. The fourth-order valence-electron chi connectivity index (χ4n) is 2.32. The molecule has 0 aliphatic rings. The van der Waals surface area contributed by atoms with Crippen molar-refractivity contribution in [2.24, 2.45) is 0 Å². The maximum Gasteiger partial charge on any atom is 0.0366 e. The second-order valence-corrected chi connectivity index (χ2v) is 5.46. The van der Waals surface area contributed by atoms with E-state index >= 15 is 0 Å². The minimum absolute atomic E-state index is 1.20. The van der Waals surface area contributed by atoms with Gasteiger partial charge in [0.2, 0.25) is 0 Å². The van der Waals surface area contributed by atoms with Crippen molar-refractivity contribution in [1.29, 1.82) is 0 Å². The standard InChI is InChI=1S/C18H31N/c1-4-7-10-17-11-13-18(14-12-17)19(15-8-5-2)16-9-6-3/h11-14H,4-10,15-16H2,1-3H3. The SMILES string of the molecule is CCCCc1ccc(N(CCCC)CCCC)cc1. The first-order chi connectivity index (χ1) is 9.31. The number of anilines is 1. The number of rotatable bonds is 10. The molecule has 1 rings (SSSR count). The molecule has 0 saturated heterocycles. The van der Waals surface area contributed by atoms with E-state index in [0.717, 1.165) is 0 Å². The summed E-state index contributed by atoms with van der Waals surface area (Å²) >= 11 is 0. The zero-order valence-corrected chi connectivity index (χ0v) is 13.1. The van der Waals surface area contributed by atoms with Gasteiger partial charge in [-0.2, -0.15) is 0 Å². The quantitative estimate of drug-likeness (QED) is 0.542. The third kappa shape index (κ3) is 6.13. The van der Waals surface area contributed by atoms with E-state index in [0.29, 0.717) is 0 Å². The maximum absolute atomic E-state index is 2.55. The Bertz CT molecular complexity index is 307. The van der Waals surface area contributed by atoms with E-state index < -0.39 is 0 Å². The van der Waals surface area contributed by atoms with Crippen molar-refractivity contribution < 1.29 is 0 Å². The van der Waals surface area contributed by atoms with E-state index in [1.807, 2.05) is 0 Å². The molecule has 0 aliphatic heterocycles. The van der Waals surface area contributed by atoms with Crippen LogP contribution < -0.4 is 4.90 Å². The number of hydrogen-bond acceptors (Lipinski definition) is 1. The van der Waals surface area contributed by atoms with Gasteiger partial charge in [0.25, 0.3) is 0 Å². The van der Waals surface area contributed by atoms with Crippen molar-refractivity contribution in [2.75, 3.05) is 18.0 Å². The predicted molar refractivity (Wildman–Crippen MR) is 87.1 cm³/mol. The molecule has 0 amide bonds. The second kappa shape index (κ2) is 9.89. The van der Waals surface area contributed by atoms with Gasteiger partial charge < -0.3 is 4.90 Å². The van der Waals surface area contributed by atoms with E-state index in [1.54, 1.807) is 0 Å². The van der Waals surface area contributed by atoms with Gasteiger partial charge in [0.1, 0.15) is 0 Å². The Morgan fingerprint density at radius 1 is 0.737 bits per heavy atom. The average Bonchev–Trinajstić information content (AvgIpc) is 2.46. The van der Waals surface area contributed by atoms with Crippen LogP contribution in [0.2, 0.25) is 0 Å². The van der Waals surface area contributed by atoms with Crippen LogP contribution in [0.15, 0.2) is 24.3 Å². The molecule has 0 radical (unpaired) electrons. The van der Waals surface area contributed by atoms with Crippen molar-refractivity contribution >= 4 is 5.69 Å². The fraction of sp³-hybridized carbons (Fsp3) is 0.667. The van der Waals surface area contributed by atoms with Gasteiger partial charge in [-0.1, -0.05) is 52.2 Å². The second-order valence-electron chi connectivity index (χ2n) is 5.46. The molecular weight excluding hydrogens is 230 g/mol. The van der Waals surface area contributed by atoms with Gasteiger partial charge in [0.15, 0.2) is 0 Å². The number of benzene rings is 1. The number of unbranched alkanes of at least 4 members (excludes halogenated alkanes) is 3. The van der Waals surface area contributed by atoms with Crippen LogP contribution in [0, 0.1) is 0 Å². The first-order valence-corrected chi connectivity index (χ1v) is 8.15. The van der Waals surface area contributed by atoms with Gasteiger partial charge in [-0.25, -0.2) is 0 Å². The lowest BCUT2D eigenvalue weighted by molar-refractivity contribution is 0.678. The number of hydrogen-bond donors (Lipinski definition) is 0. The maximum atomic E-state index is 2.55. The molecule has 108 valence electrons. The monoisotopic (exact) mass is 261 g/mol. The molecule has 0 atom stereocenters. The molecule has 1 aromatic carbocycles. The van der Waals surface area contributed by atoms with Gasteiger partial charge in [-0.05, 0) is 43.4 Å². The third-order valence-electron chi connectivity index (χ3n) is 3.68. The van der Waals surface area contributed by atoms with Crippen molar-refractivity contribution in [3.8, 4) is 0 Å². The van der Waals surface area contributed by atoms with Gasteiger partial charge in [0, 0.05) is 18.8 Å². The highest BCUT2D eigenvalue weighted by Gasteiger charge is 2.05. The molecule has 1 nitrogen and oxygen atoms in total. The Hall–Kier alpha value is -0.980. The molecule has 19 heavy (non-hydrogen) atoms. The minimum Gasteiger partial charge on any atom is -0.372 e. The molecule has 1 aromatic rings. The highest BCUT2D eigenvalue weighted by Crippen LogP contribution is 2.18. The predicted octanol–water partition coefficient (Wildman–Crippen LogP) is 5.44. The summed E-state index contributed by atoms with van der Waals surface area (Å²) in [6.45, 7) is 9.19.